The average molecular weight is 258 g/mol. The summed E-state index contributed by atoms with van der Waals surface area (Å²) < 4.78 is 0. The number of rotatable bonds is 1. The zero-order valence-electron chi connectivity index (χ0n) is 8.79. The van der Waals surface area contributed by atoms with Gasteiger partial charge in [-0.1, -0.05) is 23.2 Å². The molecular weight excluding hydrogens is 245 g/mol. The number of piperidine rings is 1. The largest absolute Gasteiger partial charge is 0.366 e. The van der Waals surface area contributed by atoms with Crippen molar-refractivity contribution in [1.82, 2.24) is 10.3 Å². The molecule has 2 unspecified atom stereocenters. The first kappa shape index (κ1) is 10.6. The summed E-state index contributed by atoms with van der Waals surface area (Å²) in [6.07, 6.45) is 3.01. The van der Waals surface area contributed by atoms with Crippen molar-refractivity contribution in [3.05, 3.63) is 22.4 Å². The fourth-order valence-corrected chi connectivity index (χ4v) is 2.88. The Morgan fingerprint density at radius 1 is 1.44 bits per heavy atom. The van der Waals surface area contributed by atoms with Gasteiger partial charge in [-0.15, -0.1) is 0 Å². The number of nitrogens with one attached hydrogen (secondary N) is 1. The molecule has 1 aromatic rings. The number of aromatic nitrogens is 1. The monoisotopic (exact) mass is 257 g/mol. The maximum atomic E-state index is 5.98. The standard InChI is InChI=1S/C11H13Cl2N3/c12-9-3-8(5-15-11(9)13)16-6-7-4-14-2-1-10(7)16/h3,5,7,10,14H,1-2,4,6H2. The number of hydrogen-bond acceptors (Lipinski definition) is 3. The van der Waals surface area contributed by atoms with Gasteiger partial charge in [-0.05, 0) is 19.0 Å². The third-order valence-corrected chi connectivity index (χ3v) is 4.20. The Kier molecular flexibility index (Phi) is 2.70. The summed E-state index contributed by atoms with van der Waals surface area (Å²) in [5.41, 5.74) is 1.09. The Morgan fingerprint density at radius 2 is 2.31 bits per heavy atom. The molecule has 16 heavy (non-hydrogen) atoms. The molecule has 2 atom stereocenters. The second-order valence-corrected chi connectivity index (χ2v) is 5.20. The van der Waals surface area contributed by atoms with E-state index >= 15 is 0 Å². The molecule has 3 rings (SSSR count). The van der Waals surface area contributed by atoms with Crippen molar-refractivity contribution < 1.29 is 0 Å². The van der Waals surface area contributed by atoms with E-state index in [0.717, 1.165) is 31.2 Å². The van der Waals surface area contributed by atoms with Gasteiger partial charge in [0.1, 0.15) is 5.15 Å². The summed E-state index contributed by atoms with van der Waals surface area (Å²) in [7, 11) is 0. The molecule has 86 valence electrons. The third-order valence-electron chi connectivity index (χ3n) is 3.51. The summed E-state index contributed by atoms with van der Waals surface area (Å²) >= 11 is 11.8. The lowest BCUT2D eigenvalue weighted by molar-refractivity contribution is 0.230. The SMILES string of the molecule is Clc1cc(N2CC3CNCCC32)cnc1Cl. The lowest BCUT2D eigenvalue weighted by Gasteiger charge is -2.52. The van der Waals surface area contributed by atoms with Crippen LogP contribution in [0.4, 0.5) is 5.69 Å². The number of anilines is 1. The fourth-order valence-electron chi connectivity index (χ4n) is 2.62. The lowest BCUT2D eigenvalue weighted by atomic mass is 9.83. The van der Waals surface area contributed by atoms with Crippen molar-refractivity contribution in [3.8, 4) is 0 Å². The first-order valence-corrected chi connectivity index (χ1v) is 6.29. The molecule has 1 N–H and O–H groups in total. The molecule has 5 heteroatoms. The Hall–Kier alpha value is -0.510. The van der Waals surface area contributed by atoms with Gasteiger partial charge in [0.25, 0.3) is 0 Å². The van der Waals surface area contributed by atoms with Crippen molar-refractivity contribution in [2.45, 2.75) is 12.5 Å². The molecular formula is C11H13Cl2N3. The molecule has 0 aromatic carbocycles. The highest BCUT2D eigenvalue weighted by atomic mass is 35.5. The number of pyridine rings is 1. The lowest BCUT2D eigenvalue weighted by Crippen LogP contribution is -2.63. The summed E-state index contributed by atoms with van der Waals surface area (Å²) in [5.74, 6) is 0.781. The van der Waals surface area contributed by atoms with E-state index in [2.05, 4.69) is 15.2 Å². The van der Waals surface area contributed by atoms with Gasteiger partial charge in [0, 0.05) is 25.0 Å². The van der Waals surface area contributed by atoms with Crippen LogP contribution in [0.2, 0.25) is 10.2 Å². The highest BCUT2D eigenvalue weighted by Gasteiger charge is 2.40. The van der Waals surface area contributed by atoms with Gasteiger partial charge in [0.2, 0.25) is 0 Å². The highest BCUT2D eigenvalue weighted by molar-refractivity contribution is 6.41. The summed E-state index contributed by atoms with van der Waals surface area (Å²) in [6, 6.07) is 2.56. The van der Waals surface area contributed by atoms with Crippen LogP contribution >= 0.6 is 23.2 Å². The highest BCUT2D eigenvalue weighted by Crippen LogP contribution is 2.35. The summed E-state index contributed by atoms with van der Waals surface area (Å²) in [4.78, 5) is 6.47. The van der Waals surface area contributed by atoms with Crippen LogP contribution in [0.3, 0.4) is 0 Å². The van der Waals surface area contributed by atoms with E-state index in [1.807, 2.05) is 12.3 Å². The van der Waals surface area contributed by atoms with E-state index in [1.165, 1.54) is 6.42 Å². The summed E-state index contributed by atoms with van der Waals surface area (Å²) in [5, 5.41) is 4.34. The second-order valence-electron chi connectivity index (χ2n) is 4.44. The predicted octanol–water partition coefficient (Wildman–Crippen LogP) is 2.19. The van der Waals surface area contributed by atoms with Crippen LogP contribution in [0, 0.1) is 5.92 Å². The van der Waals surface area contributed by atoms with E-state index < -0.39 is 0 Å². The second kappa shape index (κ2) is 4.06. The van der Waals surface area contributed by atoms with Crippen LogP contribution in [-0.4, -0.2) is 30.7 Å². The number of halogens is 2. The van der Waals surface area contributed by atoms with Gasteiger partial charge in [-0.2, -0.15) is 0 Å². The molecule has 2 aliphatic rings. The molecule has 3 nitrogen and oxygen atoms in total. The van der Waals surface area contributed by atoms with Gasteiger partial charge >= 0.3 is 0 Å². The molecule has 0 amide bonds. The molecule has 1 aromatic heterocycles. The van der Waals surface area contributed by atoms with Crippen molar-refractivity contribution >= 4 is 28.9 Å². The average Bonchev–Trinajstić information content (AvgIpc) is 2.25. The normalized spacial score (nSPS) is 28.5. The van der Waals surface area contributed by atoms with Gasteiger partial charge < -0.3 is 10.2 Å². The number of hydrogen-bond donors (Lipinski definition) is 1. The van der Waals surface area contributed by atoms with Crippen molar-refractivity contribution in [1.29, 1.82) is 0 Å². The van der Waals surface area contributed by atoms with E-state index in [9.17, 15) is 0 Å². The maximum Gasteiger partial charge on any atom is 0.147 e. The van der Waals surface area contributed by atoms with Gasteiger partial charge in [-0.3, -0.25) is 0 Å². The number of fused-ring (bicyclic) bond motifs is 1. The molecule has 2 fully saturated rings. The van der Waals surface area contributed by atoms with Crippen molar-refractivity contribution in [2.75, 3.05) is 24.5 Å². The number of nitrogens with zero attached hydrogens (tertiary/aromatic N) is 2. The molecule has 0 spiro atoms. The van der Waals surface area contributed by atoms with E-state index in [-0.39, 0.29) is 0 Å². The molecule has 0 saturated carbocycles. The van der Waals surface area contributed by atoms with Crippen LogP contribution in [0.25, 0.3) is 0 Å². The Morgan fingerprint density at radius 3 is 3.06 bits per heavy atom. The van der Waals surface area contributed by atoms with Crippen molar-refractivity contribution in [3.63, 3.8) is 0 Å². The molecule has 2 saturated heterocycles. The minimum Gasteiger partial charge on any atom is -0.366 e. The van der Waals surface area contributed by atoms with Gasteiger partial charge in [0.15, 0.2) is 0 Å². The molecule has 3 heterocycles. The minimum atomic E-state index is 0.382. The fraction of sp³-hybridized carbons (Fsp3) is 0.545. The zero-order chi connectivity index (χ0) is 11.1. The first-order chi connectivity index (χ1) is 7.75. The van der Waals surface area contributed by atoms with E-state index in [4.69, 9.17) is 23.2 Å². The maximum absolute atomic E-state index is 5.98. The topological polar surface area (TPSA) is 28.2 Å². The third kappa shape index (κ3) is 1.67. The Balaban J connectivity index is 1.80. The predicted molar refractivity (Wildman–Crippen MR) is 66.4 cm³/mol. The van der Waals surface area contributed by atoms with E-state index in [1.54, 1.807) is 0 Å². The van der Waals surface area contributed by atoms with Gasteiger partial charge in [-0.25, -0.2) is 4.98 Å². The Bertz CT molecular complexity index is 410. The molecule has 0 radical (unpaired) electrons. The van der Waals surface area contributed by atoms with Crippen molar-refractivity contribution in [2.24, 2.45) is 5.92 Å². The van der Waals surface area contributed by atoms with Crippen LogP contribution in [0.5, 0.6) is 0 Å². The van der Waals surface area contributed by atoms with E-state index in [0.29, 0.717) is 16.2 Å². The van der Waals surface area contributed by atoms with Gasteiger partial charge in [0.05, 0.1) is 16.9 Å². The van der Waals surface area contributed by atoms with Crippen LogP contribution in [0.1, 0.15) is 6.42 Å². The van der Waals surface area contributed by atoms with Crippen LogP contribution in [-0.2, 0) is 0 Å². The minimum absolute atomic E-state index is 0.382. The van der Waals surface area contributed by atoms with Crippen LogP contribution < -0.4 is 10.2 Å². The molecule has 0 aliphatic carbocycles. The Labute approximate surface area is 105 Å². The molecule has 2 aliphatic heterocycles. The quantitative estimate of drug-likeness (QED) is 0.782. The smallest absolute Gasteiger partial charge is 0.147 e. The van der Waals surface area contributed by atoms with Crippen LogP contribution in [0.15, 0.2) is 12.3 Å². The first-order valence-electron chi connectivity index (χ1n) is 5.54. The molecule has 0 bridgehead atoms. The summed E-state index contributed by atoms with van der Waals surface area (Å²) in [6.45, 7) is 3.33. The zero-order valence-corrected chi connectivity index (χ0v) is 10.3.